The Balaban J connectivity index is 1.54. The highest BCUT2D eigenvalue weighted by atomic mass is 35.5. The molecule has 0 spiro atoms. The fraction of sp³-hybridized carbons (Fsp3) is 0.0345. The third-order valence-corrected chi connectivity index (χ3v) is 6.03. The van der Waals surface area contributed by atoms with E-state index in [9.17, 15) is 23.1 Å². The van der Waals surface area contributed by atoms with Gasteiger partial charge in [0, 0.05) is 27.3 Å². The molecule has 0 aliphatic heterocycles. The first kappa shape index (κ1) is 25.1. The van der Waals surface area contributed by atoms with Crippen molar-refractivity contribution in [2.45, 2.75) is 6.18 Å². The van der Waals surface area contributed by atoms with E-state index in [0.29, 0.717) is 27.9 Å². The number of carbonyl (C=O) groups is 1. The summed E-state index contributed by atoms with van der Waals surface area (Å²) in [5.74, 6) is -0.860. The van der Waals surface area contributed by atoms with Crippen molar-refractivity contribution in [2.75, 3.05) is 5.32 Å². The monoisotopic (exact) mass is 534 g/mol. The molecule has 190 valence electrons. The maximum Gasteiger partial charge on any atom is 0.416 e. The van der Waals surface area contributed by atoms with Crippen molar-refractivity contribution in [3.63, 3.8) is 0 Å². The van der Waals surface area contributed by atoms with E-state index in [1.165, 1.54) is 12.1 Å². The number of oxazole rings is 1. The van der Waals surface area contributed by atoms with Crippen LogP contribution in [0.15, 0.2) is 101 Å². The summed E-state index contributed by atoms with van der Waals surface area (Å²) in [6.45, 7) is 0. The van der Waals surface area contributed by atoms with Crippen LogP contribution in [-0.2, 0) is 6.18 Å². The number of aromatic nitrogens is 1. The van der Waals surface area contributed by atoms with Crippen LogP contribution in [0.3, 0.4) is 0 Å². The van der Waals surface area contributed by atoms with E-state index in [1.54, 1.807) is 36.4 Å². The van der Waals surface area contributed by atoms with Crippen molar-refractivity contribution in [1.29, 1.82) is 0 Å². The van der Waals surface area contributed by atoms with Crippen LogP contribution in [0.1, 0.15) is 15.9 Å². The molecule has 0 fully saturated rings. The lowest BCUT2D eigenvalue weighted by Gasteiger charge is -2.13. The number of alkyl halides is 3. The van der Waals surface area contributed by atoms with Gasteiger partial charge in [-0.1, -0.05) is 66.2 Å². The summed E-state index contributed by atoms with van der Waals surface area (Å²) < 4.78 is 45.2. The largest absolute Gasteiger partial charge is 0.507 e. The molecule has 5 nitrogen and oxygen atoms in total. The number of anilines is 1. The van der Waals surface area contributed by atoms with E-state index in [2.05, 4.69) is 10.3 Å². The van der Waals surface area contributed by atoms with Crippen LogP contribution in [0.5, 0.6) is 5.75 Å². The van der Waals surface area contributed by atoms with Crippen LogP contribution in [0, 0.1) is 0 Å². The van der Waals surface area contributed by atoms with Crippen molar-refractivity contribution >= 4 is 23.4 Å². The van der Waals surface area contributed by atoms with Gasteiger partial charge in [-0.25, -0.2) is 4.98 Å². The Morgan fingerprint density at radius 2 is 1.53 bits per heavy atom. The smallest absolute Gasteiger partial charge is 0.416 e. The summed E-state index contributed by atoms with van der Waals surface area (Å²) in [6.07, 6.45) is -4.62. The van der Waals surface area contributed by atoms with Crippen LogP contribution < -0.4 is 5.32 Å². The van der Waals surface area contributed by atoms with Crippen LogP contribution in [0.2, 0.25) is 5.02 Å². The standard InChI is InChI=1S/C29H18ClF3N2O3/c30-20-13-10-17(11-14-20)25-28(38-27(34-25)18-6-2-1-3-7-18)35-26(37)23-9-5-4-8-21(23)22-15-12-19(16-24(22)36)29(31,32)33/h1-16,36H,(H,35,37). The van der Waals surface area contributed by atoms with Gasteiger partial charge >= 0.3 is 6.18 Å². The average Bonchev–Trinajstić information content (AvgIpc) is 3.32. The first-order chi connectivity index (χ1) is 18.2. The lowest BCUT2D eigenvalue weighted by Crippen LogP contribution is -2.13. The summed E-state index contributed by atoms with van der Waals surface area (Å²) in [5, 5.41) is 13.6. The minimum Gasteiger partial charge on any atom is -0.507 e. The number of rotatable bonds is 5. The van der Waals surface area contributed by atoms with E-state index in [1.807, 2.05) is 30.3 Å². The molecule has 9 heteroatoms. The number of phenols is 1. The quantitative estimate of drug-likeness (QED) is 0.238. The highest BCUT2D eigenvalue weighted by molar-refractivity contribution is 6.30. The van der Waals surface area contributed by atoms with E-state index in [0.717, 1.165) is 12.1 Å². The molecule has 0 aliphatic carbocycles. The van der Waals surface area contributed by atoms with Gasteiger partial charge in [0.05, 0.1) is 5.56 Å². The van der Waals surface area contributed by atoms with Crippen molar-refractivity contribution in [1.82, 2.24) is 4.98 Å². The Bertz CT molecular complexity index is 1610. The Kier molecular flexibility index (Phi) is 6.65. The normalized spacial score (nSPS) is 11.4. The molecule has 0 saturated heterocycles. The molecule has 1 heterocycles. The highest BCUT2D eigenvalue weighted by Crippen LogP contribution is 2.38. The zero-order chi connectivity index (χ0) is 26.9. The lowest BCUT2D eigenvalue weighted by atomic mass is 9.97. The predicted octanol–water partition coefficient (Wildman–Crippen LogP) is 8.31. The molecular weight excluding hydrogens is 517 g/mol. The molecule has 5 aromatic rings. The van der Waals surface area contributed by atoms with Gasteiger partial charge in [0.2, 0.25) is 11.8 Å². The zero-order valence-electron chi connectivity index (χ0n) is 19.5. The molecule has 0 radical (unpaired) electrons. The van der Waals surface area contributed by atoms with Gasteiger partial charge in [-0.2, -0.15) is 13.2 Å². The number of nitrogens with one attached hydrogen (secondary N) is 1. The number of nitrogens with zero attached hydrogens (tertiary/aromatic N) is 1. The molecule has 5 rings (SSSR count). The van der Waals surface area contributed by atoms with Gasteiger partial charge in [0.25, 0.3) is 5.91 Å². The van der Waals surface area contributed by atoms with Crippen molar-refractivity contribution < 1.29 is 27.5 Å². The summed E-state index contributed by atoms with van der Waals surface area (Å²) in [6, 6.07) is 24.8. The number of carbonyl (C=O) groups excluding carboxylic acids is 1. The zero-order valence-corrected chi connectivity index (χ0v) is 20.2. The number of phenolic OH excluding ortho intramolecular Hbond substituents is 1. The fourth-order valence-electron chi connectivity index (χ4n) is 3.93. The maximum atomic E-state index is 13.4. The van der Waals surface area contributed by atoms with Gasteiger partial charge in [-0.05, 0) is 48.0 Å². The van der Waals surface area contributed by atoms with Gasteiger partial charge in [0.1, 0.15) is 11.4 Å². The van der Waals surface area contributed by atoms with Crippen LogP contribution >= 0.6 is 11.6 Å². The molecule has 1 aromatic heterocycles. The summed E-state index contributed by atoms with van der Waals surface area (Å²) >= 11 is 6.03. The number of aromatic hydroxyl groups is 1. The van der Waals surface area contributed by atoms with Crippen molar-refractivity contribution in [2.24, 2.45) is 0 Å². The number of halogens is 4. The van der Waals surface area contributed by atoms with Crippen LogP contribution in [0.25, 0.3) is 33.8 Å². The maximum absolute atomic E-state index is 13.4. The molecule has 0 atom stereocenters. The summed E-state index contributed by atoms with van der Waals surface area (Å²) in [4.78, 5) is 18.0. The second-order valence-corrected chi connectivity index (χ2v) is 8.74. The SMILES string of the molecule is O=C(Nc1oc(-c2ccccc2)nc1-c1ccc(Cl)cc1)c1ccccc1-c1ccc(C(F)(F)F)cc1O. The number of amides is 1. The number of hydrogen-bond donors (Lipinski definition) is 2. The summed E-state index contributed by atoms with van der Waals surface area (Å²) in [5.41, 5.74) is 1.13. The van der Waals surface area contributed by atoms with Gasteiger partial charge in [-0.3, -0.25) is 10.1 Å². The molecule has 2 N–H and O–H groups in total. The third kappa shape index (κ3) is 5.12. The predicted molar refractivity (Wildman–Crippen MR) is 139 cm³/mol. The van der Waals surface area contributed by atoms with E-state index in [4.69, 9.17) is 16.0 Å². The molecule has 0 bridgehead atoms. The molecule has 38 heavy (non-hydrogen) atoms. The van der Waals surface area contributed by atoms with Crippen LogP contribution in [0.4, 0.5) is 19.1 Å². The highest BCUT2D eigenvalue weighted by Gasteiger charge is 2.31. The minimum absolute atomic E-state index is 0.0719. The Morgan fingerprint density at radius 1 is 0.842 bits per heavy atom. The molecule has 4 aromatic carbocycles. The topological polar surface area (TPSA) is 75.4 Å². The van der Waals surface area contributed by atoms with E-state index in [-0.39, 0.29) is 28.5 Å². The first-order valence-electron chi connectivity index (χ1n) is 11.3. The van der Waals surface area contributed by atoms with E-state index < -0.39 is 23.4 Å². The second kappa shape index (κ2) is 10.1. The molecule has 0 saturated carbocycles. The van der Waals surface area contributed by atoms with Crippen LogP contribution in [-0.4, -0.2) is 16.0 Å². The Morgan fingerprint density at radius 3 is 2.21 bits per heavy atom. The molecule has 1 amide bonds. The lowest BCUT2D eigenvalue weighted by molar-refractivity contribution is -0.137. The number of hydrogen-bond acceptors (Lipinski definition) is 4. The van der Waals surface area contributed by atoms with Gasteiger partial charge < -0.3 is 9.52 Å². The summed E-state index contributed by atoms with van der Waals surface area (Å²) in [7, 11) is 0. The van der Waals surface area contributed by atoms with Crippen molar-refractivity contribution in [3.8, 4) is 39.6 Å². The molecule has 0 unspecified atom stereocenters. The average molecular weight is 535 g/mol. The first-order valence-corrected chi connectivity index (χ1v) is 11.7. The van der Waals surface area contributed by atoms with Gasteiger partial charge in [0.15, 0.2) is 0 Å². The Labute approximate surface area is 220 Å². The Hall–Kier alpha value is -4.56. The van der Waals surface area contributed by atoms with E-state index >= 15 is 0 Å². The van der Waals surface area contributed by atoms with Crippen molar-refractivity contribution in [3.05, 3.63) is 113 Å². The number of benzene rings is 4. The minimum atomic E-state index is -4.62. The third-order valence-electron chi connectivity index (χ3n) is 5.78. The fourth-order valence-corrected chi connectivity index (χ4v) is 4.06. The molecule has 0 aliphatic rings. The van der Waals surface area contributed by atoms with Gasteiger partial charge in [-0.15, -0.1) is 0 Å². The second-order valence-electron chi connectivity index (χ2n) is 8.30. The molecular formula is C29H18ClF3N2O3.